The van der Waals surface area contributed by atoms with Crippen molar-refractivity contribution < 1.29 is 4.79 Å². The van der Waals surface area contributed by atoms with Gasteiger partial charge in [0.05, 0.1) is 6.04 Å². The van der Waals surface area contributed by atoms with Crippen molar-refractivity contribution in [2.45, 2.75) is 25.3 Å². The smallest absolute Gasteiger partial charge is 0.211 e. The Hall–Kier alpha value is -0.620. The van der Waals surface area contributed by atoms with Crippen molar-refractivity contribution in [3.8, 4) is 0 Å². The molecular weight excluding hydrogens is 114 g/mol. The zero-order valence-corrected chi connectivity index (χ0v) is 5.21. The van der Waals surface area contributed by atoms with E-state index in [9.17, 15) is 4.79 Å². The van der Waals surface area contributed by atoms with Crippen LogP contribution in [0.4, 0.5) is 0 Å². The number of hydrogen-bond acceptors (Lipinski definition) is 2. The molecule has 0 heterocycles. The highest BCUT2D eigenvalue weighted by molar-refractivity contribution is 5.35. The summed E-state index contributed by atoms with van der Waals surface area (Å²) >= 11 is 0. The van der Waals surface area contributed by atoms with Crippen molar-refractivity contribution in [2.24, 2.45) is 16.8 Å². The highest BCUT2D eigenvalue weighted by atomic mass is 16.1. The summed E-state index contributed by atoms with van der Waals surface area (Å²) in [5, 5.41) is 0. The van der Waals surface area contributed by atoms with E-state index in [1.54, 1.807) is 6.08 Å². The lowest BCUT2D eigenvalue weighted by molar-refractivity contribution is 0.559. The molecule has 0 bridgehead atoms. The van der Waals surface area contributed by atoms with Crippen molar-refractivity contribution >= 4 is 6.08 Å². The molecule has 2 fully saturated rings. The normalized spacial score (nSPS) is 45.6. The van der Waals surface area contributed by atoms with Crippen molar-refractivity contribution in [3.05, 3.63) is 0 Å². The zero-order chi connectivity index (χ0) is 6.27. The maximum atomic E-state index is 9.79. The molecule has 0 aromatic heterocycles. The predicted molar refractivity (Wildman–Crippen MR) is 32.7 cm³/mol. The fourth-order valence-corrected chi connectivity index (χ4v) is 2.04. The molecule has 2 unspecified atom stereocenters. The molecule has 2 rings (SSSR count). The van der Waals surface area contributed by atoms with Gasteiger partial charge in [-0.05, 0) is 24.7 Å². The molecule has 0 aliphatic heterocycles. The van der Waals surface area contributed by atoms with E-state index in [4.69, 9.17) is 0 Å². The Balaban J connectivity index is 2.01. The van der Waals surface area contributed by atoms with E-state index in [2.05, 4.69) is 4.99 Å². The van der Waals surface area contributed by atoms with Gasteiger partial charge in [0.25, 0.3) is 0 Å². The van der Waals surface area contributed by atoms with E-state index < -0.39 is 0 Å². The maximum Gasteiger partial charge on any atom is 0.235 e. The minimum atomic E-state index is 0.385. The highest BCUT2D eigenvalue weighted by Crippen LogP contribution is 2.53. The Kier molecular flexibility index (Phi) is 0.967. The van der Waals surface area contributed by atoms with Crippen molar-refractivity contribution in [3.63, 3.8) is 0 Å². The molecule has 0 amide bonds. The van der Waals surface area contributed by atoms with Gasteiger partial charge in [0, 0.05) is 0 Å². The summed E-state index contributed by atoms with van der Waals surface area (Å²) < 4.78 is 0. The van der Waals surface area contributed by atoms with Gasteiger partial charge in [-0.2, -0.15) is 0 Å². The van der Waals surface area contributed by atoms with Gasteiger partial charge >= 0.3 is 0 Å². The summed E-state index contributed by atoms with van der Waals surface area (Å²) in [4.78, 5) is 13.5. The third-order valence-corrected chi connectivity index (χ3v) is 2.56. The summed E-state index contributed by atoms with van der Waals surface area (Å²) in [6.07, 6.45) is 5.57. The topological polar surface area (TPSA) is 29.4 Å². The minimum absolute atomic E-state index is 0.385. The lowest BCUT2D eigenvalue weighted by Gasteiger charge is -1.90. The number of aliphatic imine (C=N–C) groups is 1. The average Bonchev–Trinajstić information content (AvgIpc) is 2.39. The second kappa shape index (κ2) is 1.68. The summed E-state index contributed by atoms with van der Waals surface area (Å²) in [6, 6.07) is 0.385. The Morgan fingerprint density at radius 3 is 2.56 bits per heavy atom. The summed E-state index contributed by atoms with van der Waals surface area (Å²) in [7, 11) is 0. The van der Waals surface area contributed by atoms with E-state index >= 15 is 0 Å². The fourth-order valence-electron chi connectivity index (χ4n) is 2.04. The fraction of sp³-hybridized carbons (Fsp3) is 0.857. The Morgan fingerprint density at radius 1 is 1.33 bits per heavy atom. The van der Waals surface area contributed by atoms with Crippen LogP contribution in [0.3, 0.4) is 0 Å². The first-order chi connectivity index (χ1) is 4.43. The molecule has 0 radical (unpaired) electrons. The molecule has 48 valence electrons. The van der Waals surface area contributed by atoms with Gasteiger partial charge < -0.3 is 0 Å². The largest absolute Gasteiger partial charge is 0.235 e. The van der Waals surface area contributed by atoms with Gasteiger partial charge in [0.1, 0.15) is 0 Å². The van der Waals surface area contributed by atoms with Crippen LogP contribution in [0.1, 0.15) is 19.3 Å². The third-order valence-electron chi connectivity index (χ3n) is 2.56. The molecular formula is C7H9NO. The third kappa shape index (κ3) is 0.632. The second-order valence-corrected chi connectivity index (χ2v) is 2.97. The van der Waals surface area contributed by atoms with E-state index in [1.165, 1.54) is 19.3 Å². The summed E-state index contributed by atoms with van der Waals surface area (Å²) in [5.74, 6) is 1.54. The van der Waals surface area contributed by atoms with E-state index in [0.717, 1.165) is 11.8 Å². The molecule has 0 N–H and O–H groups in total. The molecule has 0 saturated heterocycles. The van der Waals surface area contributed by atoms with Crippen LogP contribution in [-0.4, -0.2) is 12.1 Å². The number of isocyanates is 1. The van der Waals surface area contributed by atoms with Crippen LogP contribution in [0.15, 0.2) is 4.99 Å². The summed E-state index contributed by atoms with van der Waals surface area (Å²) in [6.45, 7) is 0. The van der Waals surface area contributed by atoms with E-state index in [0.29, 0.717) is 6.04 Å². The first kappa shape index (κ1) is 5.19. The minimum Gasteiger partial charge on any atom is -0.211 e. The van der Waals surface area contributed by atoms with Gasteiger partial charge in [0.15, 0.2) is 0 Å². The van der Waals surface area contributed by atoms with Crippen LogP contribution in [-0.2, 0) is 4.79 Å². The SMILES string of the molecule is O=C=NC1C2CCCC21. The van der Waals surface area contributed by atoms with E-state index in [1.807, 2.05) is 0 Å². The lowest BCUT2D eigenvalue weighted by atomic mass is 10.2. The molecule has 2 aliphatic carbocycles. The molecule has 2 saturated carbocycles. The number of carbonyl (C=O) groups excluding carboxylic acids is 1. The molecule has 2 atom stereocenters. The van der Waals surface area contributed by atoms with E-state index in [-0.39, 0.29) is 0 Å². The Bertz CT molecular complexity index is 162. The average molecular weight is 123 g/mol. The lowest BCUT2D eigenvalue weighted by Crippen LogP contribution is -1.87. The van der Waals surface area contributed by atoms with Crippen LogP contribution in [0.25, 0.3) is 0 Å². The van der Waals surface area contributed by atoms with Gasteiger partial charge in [-0.25, -0.2) is 9.79 Å². The maximum absolute atomic E-state index is 9.79. The number of nitrogens with zero attached hydrogens (tertiary/aromatic N) is 1. The highest BCUT2D eigenvalue weighted by Gasteiger charge is 2.52. The number of fused-ring (bicyclic) bond motifs is 1. The zero-order valence-electron chi connectivity index (χ0n) is 5.21. The Labute approximate surface area is 54.0 Å². The van der Waals surface area contributed by atoms with Crippen LogP contribution in [0, 0.1) is 11.8 Å². The molecule has 2 heteroatoms. The first-order valence-corrected chi connectivity index (χ1v) is 3.50. The Morgan fingerprint density at radius 2 is 2.00 bits per heavy atom. The molecule has 0 spiro atoms. The molecule has 2 nitrogen and oxygen atoms in total. The van der Waals surface area contributed by atoms with Crippen LogP contribution in [0.5, 0.6) is 0 Å². The van der Waals surface area contributed by atoms with Gasteiger partial charge in [-0.3, -0.25) is 0 Å². The van der Waals surface area contributed by atoms with Crippen LogP contribution in [0.2, 0.25) is 0 Å². The van der Waals surface area contributed by atoms with Crippen molar-refractivity contribution in [2.75, 3.05) is 0 Å². The monoisotopic (exact) mass is 123 g/mol. The molecule has 2 aliphatic rings. The van der Waals surface area contributed by atoms with Crippen LogP contribution < -0.4 is 0 Å². The second-order valence-electron chi connectivity index (χ2n) is 2.97. The van der Waals surface area contributed by atoms with Crippen molar-refractivity contribution in [1.82, 2.24) is 0 Å². The van der Waals surface area contributed by atoms with Crippen molar-refractivity contribution in [1.29, 1.82) is 0 Å². The molecule has 9 heavy (non-hydrogen) atoms. The van der Waals surface area contributed by atoms with Gasteiger partial charge in [-0.1, -0.05) is 6.42 Å². The summed E-state index contributed by atoms with van der Waals surface area (Å²) in [5.41, 5.74) is 0. The van der Waals surface area contributed by atoms with Crippen LogP contribution >= 0.6 is 0 Å². The first-order valence-electron chi connectivity index (χ1n) is 3.50. The molecule has 0 aromatic carbocycles. The number of hydrogen-bond donors (Lipinski definition) is 0. The predicted octanol–water partition coefficient (Wildman–Crippen LogP) is 1.12. The number of rotatable bonds is 1. The van der Waals surface area contributed by atoms with Gasteiger partial charge in [-0.15, -0.1) is 0 Å². The van der Waals surface area contributed by atoms with Gasteiger partial charge in [0.2, 0.25) is 6.08 Å². The standard InChI is InChI=1S/C7H9NO/c9-4-8-7-5-2-1-3-6(5)7/h5-7H,1-3H2. The molecule has 0 aromatic rings. The quantitative estimate of drug-likeness (QED) is 0.379.